The Bertz CT molecular complexity index is 509. The first-order chi connectivity index (χ1) is 7.58. The number of nitrogens with two attached hydrogens (primary N) is 1. The highest BCUT2D eigenvalue weighted by Gasteiger charge is 2.12. The van der Waals surface area contributed by atoms with Crippen LogP contribution in [0.1, 0.15) is 14.5 Å². The predicted octanol–water partition coefficient (Wildman–Crippen LogP) is 1.62. The van der Waals surface area contributed by atoms with Crippen LogP contribution >= 0.6 is 11.3 Å². The van der Waals surface area contributed by atoms with Crippen LogP contribution in [0.5, 0.6) is 0 Å². The Morgan fingerprint density at radius 3 is 2.81 bits per heavy atom. The van der Waals surface area contributed by atoms with Crippen molar-refractivity contribution >= 4 is 28.7 Å². The fourth-order valence-corrected chi connectivity index (χ4v) is 2.10. The summed E-state index contributed by atoms with van der Waals surface area (Å²) in [4.78, 5) is 13.6. The molecule has 0 fully saturated rings. The van der Waals surface area contributed by atoms with E-state index in [1.165, 1.54) is 22.2 Å². The van der Waals surface area contributed by atoms with Gasteiger partial charge in [-0.1, -0.05) is 0 Å². The Morgan fingerprint density at radius 2 is 2.31 bits per heavy atom. The lowest BCUT2D eigenvalue weighted by Gasteiger charge is -2.04. The monoisotopic (exact) mass is 236 g/mol. The van der Waals surface area contributed by atoms with Gasteiger partial charge in [0.2, 0.25) is 0 Å². The van der Waals surface area contributed by atoms with Gasteiger partial charge in [0.25, 0.3) is 5.91 Å². The predicted molar refractivity (Wildman–Crippen MR) is 64.6 cm³/mol. The Balaban J connectivity index is 2.20. The zero-order valence-electron chi connectivity index (χ0n) is 9.02. The van der Waals surface area contributed by atoms with Gasteiger partial charge >= 0.3 is 0 Å². The summed E-state index contributed by atoms with van der Waals surface area (Å²) in [6.07, 6.45) is 1.51. The van der Waals surface area contributed by atoms with Crippen LogP contribution in [0.15, 0.2) is 18.3 Å². The number of carbonyl (C=O) groups is 1. The van der Waals surface area contributed by atoms with Crippen molar-refractivity contribution in [2.45, 2.75) is 6.92 Å². The lowest BCUT2D eigenvalue weighted by atomic mass is 10.4. The number of carbonyl (C=O) groups excluding carboxylic acids is 1. The molecule has 3 N–H and O–H groups in total. The van der Waals surface area contributed by atoms with Crippen LogP contribution in [0.4, 0.5) is 11.5 Å². The molecule has 2 aromatic rings. The van der Waals surface area contributed by atoms with E-state index in [0.717, 1.165) is 4.88 Å². The van der Waals surface area contributed by atoms with Crippen LogP contribution in [0, 0.1) is 6.92 Å². The summed E-state index contributed by atoms with van der Waals surface area (Å²) in [5, 5.41) is 6.68. The first-order valence-corrected chi connectivity index (χ1v) is 5.55. The zero-order chi connectivity index (χ0) is 11.7. The van der Waals surface area contributed by atoms with Crippen LogP contribution in [0.2, 0.25) is 0 Å². The number of hydrogen-bond donors (Lipinski definition) is 2. The van der Waals surface area contributed by atoms with Crippen molar-refractivity contribution in [3.8, 4) is 0 Å². The van der Waals surface area contributed by atoms with E-state index in [1.54, 1.807) is 13.1 Å². The largest absolute Gasteiger partial charge is 0.394 e. The van der Waals surface area contributed by atoms with E-state index in [0.29, 0.717) is 16.4 Å². The molecule has 2 heterocycles. The maximum Gasteiger partial charge on any atom is 0.266 e. The van der Waals surface area contributed by atoms with Crippen molar-refractivity contribution in [2.24, 2.45) is 7.05 Å². The minimum atomic E-state index is -0.159. The van der Waals surface area contributed by atoms with Crippen molar-refractivity contribution in [2.75, 3.05) is 11.1 Å². The summed E-state index contributed by atoms with van der Waals surface area (Å²) in [7, 11) is 1.73. The molecule has 1 amide bonds. The number of nitrogens with one attached hydrogen (secondary N) is 1. The van der Waals surface area contributed by atoms with Gasteiger partial charge in [-0.05, 0) is 19.1 Å². The highest BCUT2D eigenvalue weighted by Crippen LogP contribution is 2.20. The van der Waals surface area contributed by atoms with Crippen LogP contribution in [0.25, 0.3) is 0 Å². The van der Waals surface area contributed by atoms with E-state index in [2.05, 4.69) is 10.4 Å². The number of nitrogen functional groups attached to an aromatic ring is 1. The normalized spacial score (nSPS) is 10.4. The molecule has 0 atom stereocenters. The SMILES string of the molecule is Cc1ccc(C(=O)Nc2c(N)cnn2C)s1. The van der Waals surface area contributed by atoms with Crippen molar-refractivity contribution in [3.05, 3.63) is 28.1 Å². The van der Waals surface area contributed by atoms with Gasteiger partial charge in [0.15, 0.2) is 5.82 Å². The molecule has 0 radical (unpaired) electrons. The number of thiophene rings is 1. The van der Waals surface area contributed by atoms with Crippen LogP contribution < -0.4 is 11.1 Å². The lowest BCUT2D eigenvalue weighted by molar-refractivity contribution is 0.102. The fourth-order valence-electron chi connectivity index (χ4n) is 1.33. The second-order valence-corrected chi connectivity index (χ2v) is 4.72. The topological polar surface area (TPSA) is 72.9 Å². The smallest absolute Gasteiger partial charge is 0.266 e. The third-order valence-corrected chi connectivity index (χ3v) is 3.16. The molecule has 0 aliphatic heterocycles. The molecule has 5 nitrogen and oxygen atoms in total. The summed E-state index contributed by atoms with van der Waals surface area (Å²) in [5.41, 5.74) is 6.14. The molecular formula is C10H12N4OS. The summed E-state index contributed by atoms with van der Waals surface area (Å²) in [6.45, 7) is 1.96. The fraction of sp³-hybridized carbons (Fsp3) is 0.200. The number of amides is 1. The zero-order valence-corrected chi connectivity index (χ0v) is 9.84. The molecule has 0 aliphatic rings. The summed E-state index contributed by atoms with van der Waals surface area (Å²) < 4.78 is 1.54. The Labute approximate surface area is 96.9 Å². The molecule has 2 rings (SSSR count). The number of nitrogens with zero attached hydrogens (tertiary/aromatic N) is 2. The number of aryl methyl sites for hydroxylation is 2. The minimum Gasteiger partial charge on any atom is -0.394 e. The number of aromatic nitrogens is 2. The average Bonchev–Trinajstić information content (AvgIpc) is 2.79. The first kappa shape index (κ1) is 10.7. The van der Waals surface area contributed by atoms with Gasteiger partial charge < -0.3 is 11.1 Å². The quantitative estimate of drug-likeness (QED) is 0.832. The number of anilines is 2. The van der Waals surface area contributed by atoms with Crippen LogP contribution in [-0.2, 0) is 7.05 Å². The van der Waals surface area contributed by atoms with Gasteiger partial charge in [0, 0.05) is 11.9 Å². The summed E-state index contributed by atoms with van der Waals surface area (Å²) >= 11 is 1.45. The molecule has 0 saturated heterocycles. The third-order valence-electron chi connectivity index (χ3n) is 2.16. The van der Waals surface area contributed by atoms with E-state index in [9.17, 15) is 4.79 Å². The van der Waals surface area contributed by atoms with Crippen LogP contribution in [0.3, 0.4) is 0 Å². The summed E-state index contributed by atoms with van der Waals surface area (Å²) in [5.74, 6) is 0.365. The molecule has 0 bridgehead atoms. The highest BCUT2D eigenvalue weighted by atomic mass is 32.1. The molecule has 0 saturated carbocycles. The molecule has 84 valence electrons. The van der Waals surface area contributed by atoms with Gasteiger partial charge in [0.05, 0.1) is 16.8 Å². The van der Waals surface area contributed by atoms with E-state index in [4.69, 9.17) is 5.73 Å². The first-order valence-electron chi connectivity index (χ1n) is 4.73. The Hall–Kier alpha value is -1.82. The minimum absolute atomic E-state index is 0.159. The maximum absolute atomic E-state index is 11.8. The summed E-state index contributed by atoms with van der Waals surface area (Å²) in [6, 6.07) is 3.70. The Kier molecular flexibility index (Phi) is 2.66. The van der Waals surface area contributed by atoms with Crippen LogP contribution in [-0.4, -0.2) is 15.7 Å². The van der Waals surface area contributed by atoms with E-state index in [-0.39, 0.29) is 5.91 Å². The molecule has 0 aromatic carbocycles. The van der Waals surface area contributed by atoms with E-state index < -0.39 is 0 Å². The second kappa shape index (κ2) is 3.97. The highest BCUT2D eigenvalue weighted by molar-refractivity contribution is 7.14. The average molecular weight is 236 g/mol. The second-order valence-electron chi connectivity index (χ2n) is 3.44. The molecule has 16 heavy (non-hydrogen) atoms. The maximum atomic E-state index is 11.8. The van der Waals surface area contributed by atoms with Gasteiger partial charge in [-0.25, -0.2) is 0 Å². The molecule has 0 spiro atoms. The van der Waals surface area contributed by atoms with Gasteiger partial charge in [-0.3, -0.25) is 9.48 Å². The number of rotatable bonds is 2. The van der Waals surface area contributed by atoms with Crippen molar-refractivity contribution in [1.29, 1.82) is 0 Å². The van der Waals surface area contributed by atoms with Crippen molar-refractivity contribution < 1.29 is 4.79 Å². The third kappa shape index (κ3) is 1.92. The van der Waals surface area contributed by atoms with Gasteiger partial charge in [-0.2, -0.15) is 5.10 Å². The van der Waals surface area contributed by atoms with E-state index >= 15 is 0 Å². The molecule has 6 heteroatoms. The number of hydrogen-bond acceptors (Lipinski definition) is 4. The Morgan fingerprint density at radius 1 is 1.56 bits per heavy atom. The van der Waals surface area contributed by atoms with Crippen molar-refractivity contribution in [1.82, 2.24) is 9.78 Å². The molecule has 0 aliphatic carbocycles. The molecule has 2 aromatic heterocycles. The van der Waals surface area contributed by atoms with Gasteiger partial charge in [0.1, 0.15) is 0 Å². The standard InChI is InChI=1S/C10H12N4OS/c1-6-3-4-8(16-6)10(15)13-9-7(11)5-12-14(9)2/h3-5H,11H2,1-2H3,(H,13,15). The van der Waals surface area contributed by atoms with Gasteiger partial charge in [-0.15, -0.1) is 11.3 Å². The van der Waals surface area contributed by atoms with Crippen molar-refractivity contribution in [3.63, 3.8) is 0 Å². The molecular weight excluding hydrogens is 224 g/mol. The van der Waals surface area contributed by atoms with E-state index in [1.807, 2.05) is 13.0 Å². The lowest BCUT2D eigenvalue weighted by Crippen LogP contribution is -2.14. The molecule has 0 unspecified atom stereocenters.